The number of aromatic nitrogens is 3. The van der Waals surface area contributed by atoms with Crippen molar-refractivity contribution < 1.29 is 14.3 Å². The number of rotatable bonds is 4. The monoisotopic (exact) mass is 329 g/mol. The van der Waals surface area contributed by atoms with E-state index in [0.717, 1.165) is 0 Å². The second-order valence-corrected chi connectivity index (χ2v) is 5.04. The smallest absolute Gasteiger partial charge is 0.346 e. The minimum absolute atomic E-state index is 0.166. The molecule has 0 N–H and O–H groups in total. The van der Waals surface area contributed by atoms with E-state index in [1.807, 2.05) is 0 Å². The SMILES string of the molecule is COC(=O)C(C)Oc1nc(-c2c(Cl)cccc2Cl)nn1C. The molecule has 21 heavy (non-hydrogen) atoms. The van der Waals surface area contributed by atoms with Gasteiger partial charge in [-0.3, -0.25) is 0 Å². The van der Waals surface area contributed by atoms with Crippen molar-refractivity contribution in [2.24, 2.45) is 7.05 Å². The van der Waals surface area contributed by atoms with Gasteiger partial charge in [0.05, 0.1) is 22.7 Å². The van der Waals surface area contributed by atoms with E-state index >= 15 is 0 Å². The lowest BCUT2D eigenvalue weighted by atomic mass is 10.2. The predicted molar refractivity (Wildman–Crippen MR) is 78.6 cm³/mol. The Morgan fingerprint density at radius 1 is 1.33 bits per heavy atom. The van der Waals surface area contributed by atoms with E-state index in [1.165, 1.54) is 11.8 Å². The molecule has 1 atom stereocenters. The number of hydrogen-bond donors (Lipinski definition) is 0. The Hall–Kier alpha value is -1.79. The molecule has 0 aliphatic heterocycles. The van der Waals surface area contributed by atoms with Crippen molar-refractivity contribution in [3.05, 3.63) is 28.2 Å². The number of halogens is 2. The number of ether oxygens (including phenoxy) is 2. The summed E-state index contributed by atoms with van der Waals surface area (Å²) in [6.07, 6.45) is -0.799. The summed E-state index contributed by atoms with van der Waals surface area (Å²) in [5, 5.41) is 5.06. The van der Waals surface area contributed by atoms with Crippen LogP contribution in [-0.2, 0) is 16.6 Å². The van der Waals surface area contributed by atoms with Gasteiger partial charge in [0.1, 0.15) is 0 Å². The van der Waals surface area contributed by atoms with Gasteiger partial charge in [-0.05, 0) is 19.1 Å². The summed E-state index contributed by atoms with van der Waals surface area (Å²) in [4.78, 5) is 15.6. The van der Waals surface area contributed by atoms with Crippen LogP contribution in [0, 0.1) is 0 Å². The van der Waals surface area contributed by atoms with Gasteiger partial charge in [-0.25, -0.2) is 9.48 Å². The lowest BCUT2D eigenvalue weighted by Crippen LogP contribution is -2.26. The number of nitrogens with zero attached hydrogens (tertiary/aromatic N) is 3. The number of carbonyl (C=O) groups is 1. The van der Waals surface area contributed by atoms with Gasteiger partial charge in [0.25, 0.3) is 0 Å². The van der Waals surface area contributed by atoms with Crippen molar-refractivity contribution in [1.29, 1.82) is 0 Å². The number of esters is 1. The van der Waals surface area contributed by atoms with Gasteiger partial charge >= 0.3 is 12.0 Å². The van der Waals surface area contributed by atoms with Gasteiger partial charge in [-0.2, -0.15) is 4.98 Å². The van der Waals surface area contributed by atoms with E-state index < -0.39 is 12.1 Å². The van der Waals surface area contributed by atoms with Crippen LogP contribution in [-0.4, -0.2) is 33.9 Å². The molecule has 1 unspecified atom stereocenters. The van der Waals surface area contributed by atoms with Crippen LogP contribution in [0.15, 0.2) is 18.2 Å². The summed E-state index contributed by atoms with van der Waals surface area (Å²) in [6, 6.07) is 5.28. The number of methoxy groups -OCH3 is 1. The Bertz CT molecular complexity index is 652. The fraction of sp³-hybridized carbons (Fsp3) is 0.308. The maximum Gasteiger partial charge on any atom is 0.346 e. The molecule has 1 aromatic heterocycles. The first kappa shape index (κ1) is 15.6. The van der Waals surface area contributed by atoms with Crippen molar-refractivity contribution in [1.82, 2.24) is 14.8 Å². The van der Waals surface area contributed by atoms with Crippen LogP contribution in [0.5, 0.6) is 6.01 Å². The molecule has 0 aliphatic rings. The third-order valence-electron chi connectivity index (χ3n) is 2.72. The highest BCUT2D eigenvalue weighted by atomic mass is 35.5. The lowest BCUT2D eigenvalue weighted by molar-refractivity contribution is -0.148. The summed E-state index contributed by atoms with van der Waals surface area (Å²) in [5.41, 5.74) is 0.511. The van der Waals surface area contributed by atoms with Crippen LogP contribution in [0.25, 0.3) is 11.4 Å². The van der Waals surface area contributed by atoms with Crippen molar-refractivity contribution in [2.45, 2.75) is 13.0 Å². The first-order chi connectivity index (χ1) is 9.93. The maximum atomic E-state index is 11.4. The zero-order chi connectivity index (χ0) is 15.6. The van der Waals surface area contributed by atoms with Crippen LogP contribution >= 0.6 is 23.2 Å². The van der Waals surface area contributed by atoms with Crippen molar-refractivity contribution >= 4 is 29.2 Å². The molecule has 0 amide bonds. The zero-order valence-corrected chi connectivity index (χ0v) is 13.1. The molecule has 0 fully saturated rings. The molecule has 0 aliphatic carbocycles. The molecule has 2 aromatic rings. The largest absolute Gasteiger partial charge is 0.466 e. The molecule has 1 heterocycles. The van der Waals surface area contributed by atoms with Crippen molar-refractivity contribution in [3.8, 4) is 17.4 Å². The van der Waals surface area contributed by atoms with E-state index in [2.05, 4.69) is 14.8 Å². The molecular weight excluding hydrogens is 317 g/mol. The van der Waals surface area contributed by atoms with Gasteiger partial charge < -0.3 is 9.47 Å². The van der Waals surface area contributed by atoms with E-state index in [0.29, 0.717) is 21.4 Å². The second-order valence-electron chi connectivity index (χ2n) is 4.22. The number of hydrogen-bond acceptors (Lipinski definition) is 5. The van der Waals surface area contributed by atoms with Gasteiger partial charge in [0.2, 0.25) is 0 Å². The zero-order valence-electron chi connectivity index (χ0n) is 11.6. The van der Waals surface area contributed by atoms with E-state index in [-0.39, 0.29) is 6.01 Å². The van der Waals surface area contributed by atoms with E-state index in [4.69, 9.17) is 27.9 Å². The molecule has 0 bridgehead atoms. The number of carbonyl (C=O) groups excluding carboxylic acids is 1. The minimum Gasteiger partial charge on any atom is -0.466 e. The van der Waals surface area contributed by atoms with Gasteiger partial charge in [-0.15, -0.1) is 5.10 Å². The van der Waals surface area contributed by atoms with Crippen LogP contribution < -0.4 is 4.74 Å². The molecule has 8 heteroatoms. The van der Waals surface area contributed by atoms with Gasteiger partial charge in [0, 0.05) is 7.05 Å². The molecule has 0 radical (unpaired) electrons. The number of aryl methyl sites for hydroxylation is 1. The van der Waals surface area contributed by atoms with Crippen molar-refractivity contribution in [3.63, 3.8) is 0 Å². The topological polar surface area (TPSA) is 66.2 Å². The summed E-state index contributed by atoms with van der Waals surface area (Å²) < 4.78 is 11.4. The quantitative estimate of drug-likeness (QED) is 0.807. The summed E-state index contributed by atoms with van der Waals surface area (Å²) in [7, 11) is 2.92. The molecule has 6 nitrogen and oxygen atoms in total. The molecule has 112 valence electrons. The highest BCUT2D eigenvalue weighted by Crippen LogP contribution is 2.33. The van der Waals surface area contributed by atoms with Crippen LogP contribution in [0.4, 0.5) is 0 Å². The third-order valence-corrected chi connectivity index (χ3v) is 3.35. The number of benzene rings is 1. The second kappa shape index (κ2) is 6.32. The average molecular weight is 330 g/mol. The fourth-order valence-electron chi connectivity index (χ4n) is 1.66. The van der Waals surface area contributed by atoms with Gasteiger partial charge in [-0.1, -0.05) is 29.3 Å². The lowest BCUT2D eigenvalue weighted by Gasteiger charge is -2.10. The Morgan fingerprint density at radius 3 is 2.52 bits per heavy atom. The van der Waals surface area contributed by atoms with E-state index in [1.54, 1.807) is 32.2 Å². The van der Waals surface area contributed by atoms with Crippen molar-refractivity contribution in [2.75, 3.05) is 7.11 Å². The molecule has 0 saturated carbocycles. The average Bonchev–Trinajstić information content (AvgIpc) is 2.78. The molecule has 0 spiro atoms. The molecular formula is C13H13Cl2N3O3. The molecule has 1 aromatic carbocycles. The normalized spacial score (nSPS) is 12.0. The van der Waals surface area contributed by atoms with Crippen LogP contribution in [0.3, 0.4) is 0 Å². The van der Waals surface area contributed by atoms with Crippen LogP contribution in [0.2, 0.25) is 10.0 Å². The van der Waals surface area contributed by atoms with Gasteiger partial charge in [0.15, 0.2) is 11.9 Å². The summed E-state index contributed by atoms with van der Waals surface area (Å²) in [5.74, 6) is -0.185. The standard InChI is InChI=1S/C13H13Cl2N3O3/c1-7(12(19)20-3)21-13-16-11(17-18(13)2)10-8(14)5-4-6-9(10)15/h4-7H,1-3H3. The Morgan fingerprint density at radius 2 is 1.95 bits per heavy atom. The molecule has 2 rings (SSSR count). The maximum absolute atomic E-state index is 11.4. The summed E-state index contributed by atoms with van der Waals surface area (Å²) >= 11 is 12.2. The predicted octanol–water partition coefficient (Wildman–Crippen LogP) is 2.73. The Balaban J connectivity index is 2.33. The summed E-state index contributed by atoms with van der Waals surface area (Å²) in [6.45, 7) is 1.56. The highest BCUT2D eigenvalue weighted by molar-refractivity contribution is 6.38. The Labute approximate surface area is 131 Å². The Kier molecular flexibility index (Phi) is 4.69. The minimum atomic E-state index is -0.799. The molecule has 0 saturated heterocycles. The fourth-order valence-corrected chi connectivity index (χ4v) is 2.23. The highest BCUT2D eigenvalue weighted by Gasteiger charge is 2.21. The van der Waals surface area contributed by atoms with E-state index in [9.17, 15) is 4.79 Å². The first-order valence-corrected chi connectivity index (χ1v) is 6.79. The third kappa shape index (κ3) is 3.28. The van der Waals surface area contributed by atoms with Crippen LogP contribution in [0.1, 0.15) is 6.92 Å². The first-order valence-electron chi connectivity index (χ1n) is 6.04.